The molecular formula is C9H17F2N3O. The van der Waals surface area contributed by atoms with E-state index in [1.165, 1.54) is 11.9 Å². The van der Waals surface area contributed by atoms with Gasteiger partial charge in [0.1, 0.15) is 5.54 Å². The summed E-state index contributed by atoms with van der Waals surface area (Å²) in [5.41, 5.74) is 9.93. The van der Waals surface area contributed by atoms with E-state index in [4.69, 9.17) is 11.5 Å². The largest absolute Gasteiger partial charge is 0.368 e. The Morgan fingerprint density at radius 2 is 2.13 bits per heavy atom. The molecular weight excluding hydrogens is 204 g/mol. The van der Waals surface area contributed by atoms with Crippen molar-refractivity contribution in [1.29, 1.82) is 0 Å². The van der Waals surface area contributed by atoms with E-state index in [0.29, 0.717) is 0 Å². The van der Waals surface area contributed by atoms with Crippen molar-refractivity contribution < 1.29 is 13.6 Å². The molecule has 0 bridgehead atoms. The fourth-order valence-corrected chi connectivity index (χ4v) is 1.75. The van der Waals surface area contributed by atoms with Crippen LogP contribution in [0.25, 0.3) is 0 Å². The minimum absolute atomic E-state index is 0.0510. The first-order chi connectivity index (χ1) is 6.86. The number of hydrogen-bond acceptors (Lipinski definition) is 3. The number of alkyl halides is 2. The van der Waals surface area contributed by atoms with Crippen LogP contribution in [0.1, 0.15) is 12.8 Å². The number of halogens is 2. The van der Waals surface area contributed by atoms with Crippen molar-refractivity contribution in [3.63, 3.8) is 0 Å². The Labute approximate surface area is 87.6 Å². The van der Waals surface area contributed by atoms with Crippen molar-refractivity contribution in [2.45, 2.75) is 24.8 Å². The molecule has 6 heteroatoms. The van der Waals surface area contributed by atoms with Crippen LogP contribution >= 0.6 is 0 Å². The molecule has 4 nitrogen and oxygen atoms in total. The fraction of sp³-hybridized carbons (Fsp3) is 0.889. The van der Waals surface area contributed by atoms with Crippen molar-refractivity contribution in [2.24, 2.45) is 17.4 Å². The van der Waals surface area contributed by atoms with Gasteiger partial charge in [-0.05, 0) is 25.8 Å². The van der Waals surface area contributed by atoms with Crippen LogP contribution in [0.2, 0.25) is 0 Å². The van der Waals surface area contributed by atoms with Gasteiger partial charge >= 0.3 is 0 Å². The minimum atomic E-state index is -2.42. The second-order valence-electron chi connectivity index (χ2n) is 4.27. The maximum absolute atomic E-state index is 12.1. The van der Waals surface area contributed by atoms with Gasteiger partial charge in [0.25, 0.3) is 6.43 Å². The number of carbonyl (C=O) groups is 1. The Balaban J connectivity index is 2.55. The molecule has 1 rings (SSSR count). The van der Waals surface area contributed by atoms with Crippen LogP contribution < -0.4 is 11.5 Å². The van der Waals surface area contributed by atoms with E-state index in [-0.39, 0.29) is 19.0 Å². The van der Waals surface area contributed by atoms with Gasteiger partial charge in [-0.2, -0.15) is 0 Å². The standard InChI is InChI=1S/C9H17F2N3O/c1-14(4-7(10)11)5-9(13,8(12)15)6-2-3-6/h6-7H,2-5,13H2,1H3,(H2,12,15). The molecule has 0 aliphatic heterocycles. The van der Waals surface area contributed by atoms with Crippen molar-refractivity contribution in [2.75, 3.05) is 20.1 Å². The lowest BCUT2D eigenvalue weighted by molar-refractivity contribution is -0.124. The van der Waals surface area contributed by atoms with Gasteiger partial charge in [-0.1, -0.05) is 0 Å². The Morgan fingerprint density at radius 1 is 1.60 bits per heavy atom. The summed E-state index contributed by atoms with van der Waals surface area (Å²) < 4.78 is 24.2. The van der Waals surface area contributed by atoms with Crippen molar-refractivity contribution >= 4 is 5.91 Å². The topological polar surface area (TPSA) is 72.3 Å². The third kappa shape index (κ3) is 3.10. The molecule has 0 aromatic carbocycles. The number of nitrogens with two attached hydrogens (primary N) is 2. The molecule has 0 aromatic rings. The van der Waals surface area contributed by atoms with Crippen LogP contribution in [0.5, 0.6) is 0 Å². The quantitative estimate of drug-likeness (QED) is 0.651. The summed E-state index contributed by atoms with van der Waals surface area (Å²) in [7, 11) is 1.51. The van der Waals surface area contributed by atoms with Gasteiger partial charge in [-0.15, -0.1) is 0 Å². The Bertz CT molecular complexity index is 246. The summed E-state index contributed by atoms with van der Waals surface area (Å²) in [5.74, 6) is -0.554. The highest BCUT2D eigenvalue weighted by atomic mass is 19.3. The van der Waals surface area contributed by atoms with Crippen LogP contribution in [0.4, 0.5) is 8.78 Å². The molecule has 0 aromatic heterocycles. The van der Waals surface area contributed by atoms with Crippen LogP contribution in [0, 0.1) is 5.92 Å². The molecule has 88 valence electrons. The van der Waals surface area contributed by atoms with Crippen LogP contribution in [-0.4, -0.2) is 42.9 Å². The Kier molecular flexibility index (Phi) is 3.62. The summed E-state index contributed by atoms with van der Waals surface area (Å²) in [4.78, 5) is 12.6. The third-order valence-corrected chi connectivity index (χ3v) is 2.75. The van der Waals surface area contributed by atoms with Crippen LogP contribution in [0.15, 0.2) is 0 Å². The molecule has 1 fully saturated rings. The summed E-state index contributed by atoms with van der Waals surface area (Å²) in [6, 6.07) is 0. The maximum Gasteiger partial charge on any atom is 0.251 e. The predicted octanol–water partition coefficient (Wildman–Crippen LogP) is -0.224. The molecule has 0 heterocycles. The van der Waals surface area contributed by atoms with E-state index >= 15 is 0 Å². The lowest BCUT2D eigenvalue weighted by Gasteiger charge is -2.30. The van der Waals surface area contributed by atoms with E-state index in [1.54, 1.807) is 0 Å². The predicted molar refractivity (Wildman–Crippen MR) is 52.3 cm³/mol. The van der Waals surface area contributed by atoms with Gasteiger partial charge in [0, 0.05) is 6.54 Å². The summed E-state index contributed by atoms with van der Waals surface area (Å²) >= 11 is 0. The van der Waals surface area contributed by atoms with E-state index < -0.39 is 17.9 Å². The molecule has 0 saturated heterocycles. The number of nitrogens with zero attached hydrogens (tertiary/aromatic N) is 1. The Hall–Kier alpha value is -0.750. The van der Waals surface area contributed by atoms with Crippen LogP contribution in [-0.2, 0) is 4.79 Å². The van der Waals surface area contributed by atoms with Gasteiger partial charge in [0.15, 0.2) is 0 Å². The van der Waals surface area contributed by atoms with E-state index in [9.17, 15) is 13.6 Å². The summed E-state index contributed by atoms with van der Waals surface area (Å²) in [6.45, 7) is -0.295. The molecule has 0 radical (unpaired) electrons. The molecule has 1 amide bonds. The normalized spacial score (nSPS) is 20.7. The van der Waals surface area contributed by atoms with Gasteiger partial charge in [0.2, 0.25) is 5.91 Å². The number of hydrogen-bond donors (Lipinski definition) is 2. The number of amides is 1. The van der Waals surface area contributed by atoms with Gasteiger partial charge < -0.3 is 11.5 Å². The number of rotatable bonds is 6. The first kappa shape index (κ1) is 12.3. The second-order valence-corrected chi connectivity index (χ2v) is 4.27. The monoisotopic (exact) mass is 221 g/mol. The van der Waals surface area contributed by atoms with Crippen molar-refractivity contribution in [3.05, 3.63) is 0 Å². The zero-order valence-corrected chi connectivity index (χ0v) is 8.75. The highest BCUT2D eigenvalue weighted by Crippen LogP contribution is 2.38. The van der Waals surface area contributed by atoms with Crippen molar-refractivity contribution in [1.82, 2.24) is 4.90 Å². The second kappa shape index (κ2) is 4.40. The molecule has 1 saturated carbocycles. The van der Waals surface area contributed by atoms with Gasteiger partial charge in [-0.25, -0.2) is 8.78 Å². The molecule has 15 heavy (non-hydrogen) atoms. The van der Waals surface area contributed by atoms with E-state index in [1.807, 2.05) is 0 Å². The van der Waals surface area contributed by atoms with Gasteiger partial charge in [-0.3, -0.25) is 9.69 Å². The lowest BCUT2D eigenvalue weighted by atomic mass is 9.93. The smallest absolute Gasteiger partial charge is 0.251 e. The third-order valence-electron chi connectivity index (χ3n) is 2.75. The zero-order chi connectivity index (χ0) is 11.6. The lowest BCUT2D eigenvalue weighted by Crippen LogP contribution is -2.60. The maximum atomic E-state index is 12.1. The highest BCUT2D eigenvalue weighted by Gasteiger charge is 2.47. The SMILES string of the molecule is CN(CC(F)F)CC(N)(C(N)=O)C1CC1. The van der Waals surface area contributed by atoms with E-state index in [0.717, 1.165) is 12.8 Å². The minimum Gasteiger partial charge on any atom is -0.368 e. The van der Waals surface area contributed by atoms with Gasteiger partial charge in [0.05, 0.1) is 6.54 Å². The summed E-state index contributed by atoms with van der Waals surface area (Å²) in [5, 5.41) is 0. The molecule has 1 atom stereocenters. The number of likely N-dealkylation sites (N-methyl/N-ethyl adjacent to an activating group) is 1. The number of primary amides is 1. The average Bonchev–Trinajstić information content (AvgIpc) is 2.82. The fourth-order valence-electron chi connectivity index (χ4n) is 1.75. The molecule has 1 aliphatic rings. The highest BCUT2D eigenvalue weighted by molar-refractivity contribution is 5.85. The summed E-state index contributed by atoms with van der Waals surface area (Å²) in [6.07, 6.45) is -0.726. The Morgan fingerprint density at radius 3 is 2.47 bits per heavy atom. The molecule has 0 spiro atoms. The average molecular weight is 221 g/mol. The molecule has 1 unspecified atom stereocenters. The number of carbonyl (C=O) groups excluding carboxylic acids is 1. The van der Waals surface area contributed by atoms with Crippen molar-refractivity contribution in [3.8, 4) is 0 Å². The first-order valence-electron chi connectivity index (χ1n) is 4.91. The van der Waals surface area contributed by atoms with E-state index in [2.05, 4.69) is 0 Å². The zero-order valence-electron chi connectivity index (χ0n) is 8.75. The van der Waals surface area contributed by atoms with Crippen LogP contribution in [0.3, 0.4) is 0 Å². The first-order valence-corrected chi connectivity index (χ1v) is 4.91. The molecule has 4 N–H and O–H groups in total. The molecule has 1 aliphatic carbocycles.